The van der Waals surface area contributed by atoms with E-state index in [0.717, 1.165) is 11.1 Å². The molecule has 0 unspecified atom stereocenters. The van der Waals surface area contributed by atoms with Crippen LogP contribution in [0.3, 0.4) is 0 Å². The molecule has 104 valence electrons. The Morgan fingerprint density at radius 1 is 1.05 bits per heavy atom. The first-order chi connectivity index (χ1) is 9.38. The van der Waals surface area contributed by atoms with Crippen LogP contribution in [-0.4, -0.2) is 5.91 Å². The van der Waals surface area contributed by atoms with Crippen LogP contribution in [-0.2, 0) is 0 Å². The topological polar surface area (TPSA) is 55.1 Å². The Morgan fingerprint density at radius 3 is 2.40 bits per heavy atom. The maximum Gasteiger partial charge on any atom is 0.255 e. The molecule has 0 radical (unpaired) electrons. The van der Waals surface area contributed by atoms with Crippen LogP contribution >= 0.6 is 0 Å². The van der Waals surface area contributed by atoms with E-state index in [9.17, 15) is 9.18 Å². The monoisotopic (exact) mass is 272 g/mol. The van der Waals surface area contributed by atoms with Gasteiger partial charge in [-0.05, 0) is 67.8 Å². The molecule has 4 heteroatoms. The van der Waals surface area contributed by atoms with Crippen LogP contribution in [0.15, 0.2) is 30.3 Å². The number of amides is 1. The van der Waals surface area contributed by atoms with Gasteiger partial charge in [0.05, 0.1) is 0 Å². The first kappa shape index (κ1) is 14.1. The number of rotatable bonds is 2. The predicted octanol–water partition coefficient (Wildman–Crippen LogP) is 3.59. The second-order valence-electron chi connectivity index (χ2n) is 4.94. The molecule has 2 aromatic rings. The highest BCUT2D eigenvalue weighted by molar-refractivity contribution is 6.04. The first-order valence-corrected chi connectivity index (χ1v) is 6.32. The van der Waals surface area contributed by atoms with Crippen molar-refractivity contribution in [1.82, 2.24) is 0 Å². The third kappa shape index (κ3) is 2.79. The lowest BCUT2D eigenvalue weighted by Crippen LogP contribution is -2.13. The smallest absolute Gasteiger partial charge is 0.255 e. The number of carbonyl (C=O) groups excluding carboxylic acids is 1. The summed E-state index contributed by atoms with van der Waals surface area (Å²) in [4.78, 5) is 12.2. The van der Waals surface area contributed by atoms with E-state index in [4.69, 9.17) is 5.73 Å². The Bertz CT molecular complexity index is 680. The fourth-order valence-corrected chi connectivity index (χ4v) is 1.95. The van der Waals surface area contributed by atoms with Crippen LogP contribution < -0.4 is 11.1 Å². The summed E-state index contributed by atoms with van der Waals surface area (Å²) in [7, 11) is 0. The molecular weight excluding hydrogens is 255 g/mol. The van der Waals surface area contributed by atoms with E-state index >= 15 is 0 Å². The molecule has 3 N–H and O–H groups in total. The Kier molecular flexibility index (Phi) is 3.74. The zero-order chi connectivity index (χ0) is 14.9. The van der Waals surface area contributed by atoms with Gasteiger partial charge in [-0.1, -0.05) is 0 Å². The maximum absolute atomic E-state index is 13.2. The van der Waals surface area contributed by atoms with Crippen LogP contribution in [0.5, 0.6) is 0 Å². The van der Waals surface area contributed by atoms with Crippen LogP contribution in [0.2, 0.25) is 0 Å². The minimum absolute atomic E-state index is 0.264. The third-order valence-electron chi connectivity index (χ3n) is 3.28. The van der Waals surface area contributed by atoms with Crippen LogP contribution in [0.4, 0.5) is 15.8 Å². The average Bonchev–Trinajstić information content (AvgIpc) is 2.39. The minimum Gasteiger partial charge on any atom is -0.399 e. The summed E-state index contributed by atoms with van der Waals surface area (Å²) >= 11 is 0. The van der Waals surface area contributed by atoms with Gasteiger partial charge in [0.2, 0.25) is 0 Å². The Balaban J connectivity index is 2.27. The highest BCUT2D eigenvalue weighted by Gasteiger charge is 2.10. The van der Waals surface area contributed by atoms with Crippen molar-refractivity contribution >= 4 is 17.3 Å². The van der Waals surface area contributed by atoms with Gasteiger partial charge in [0, 0.05) is 16.9 Å². The van der Waals surface area contributed by atoms with Gasteiger partial charge < -0.3 is 11.1 Å². The lowest BCUT2D eigenvalue weighted by Gasteiger charge is -2.11. The molecule has 0 aliphatic rings. The van der Waals surface area contributed by atoms with Gasteiger partial charge >= 0.3 is 0 Å². The van der Waals surface area contributed by atoms with E-state index in [1.165, 1.54) is 18.2 Å². The lowest BCUT2D eigenvalue weighted by atomic mass is 10.1. The van der Waals surface area contributed by atoms with Crippen molar-refractivity contribution < 1.29 is 9.18 Å². The van der Waals surface area contributed by atoms with Gasteiger partial charge in [-0.15, -0.1) is 0 Å². The SMILES string of the molecule is Cc1cc(NC(=O)c2ccc(F)c(C)c2)c(C)cc1N. The number of nitrogen functional groups attached to an aromatic ring is 1. The molecule has 0 atom stereocenters. The normalized spacial score (nSPS) is 10.4. The Labute approximate surface area is 117 Å². The second kappa shape index (κ2) is 5.33. The largest absolute Gasteiger partial charge is 0.399 e. The predicted molar refractivity (Wildman–Crippen MR) is 79.4 cm³/mol. The standard InChI is InChI=1S/C16H17FN2O/c1-9-6-12(4-5-13(9)17)16(20)19-15-8-10(2)14(18)7-11(15)3/h4-8H,18H2,1-3H3,(H,19,20). The molecule has 2 rings (SSSR count). The van der Waals surface area contributed by atoms with Gasteiger partial charge in [0.15, 0.2) is 0 Å². The van der Waals surface area contributed by atoms with Gasteiger partial charge in [-0.25, -0.2) is 4.39 Å². The number of nitrogens with one attached hydrogen (secondary N) is 1. The summed E-state index contributed by atoms with van der Waals surface area (Å²) < 4.78 is 13.2. The van der Waals surface area contributed by atoms with Crippen LogP contribution in [0.25, 0.3) is 0 Å². The van der Waals surface area contributed by atoms with E-state index in [0.29, 0.717) is 22.5 Å². The number of halogens is 1. The summed E-state index contributed by atoms with van der Waals surface area (Å²) in [6.07, 6.45) is 0. The quantitative estimate of drug-likeness (QED) is 0.821. The number of benzene rings is 2. The van der Waals surface area contributed by atoms with Crippen LogP contribution in [0.1, 0.15) is 27.0 Å². The van der Waals surface area contributed by atoms with Crippen molar-refractivity contribution in [3.8, 4) is 0 Å². The molecule has 20 heavy (non-hydrogen) atoms. The highest BCUT2D eigenvalue weighted by Crippen LogP contribution is 2.23. The minimum atomic E-state index is -0.318. The molecule has 0 aliphatic carbocycles. The van der Waals surface area contributed by atoms with E-state index < -0.39 is 0 Å². The van der Waals surface area contributed by atoms with Crippen molar-refractivity contribution in [1.29, 1.82) is 0 Å². The summed E-state index contributed by atoms with van der Waals surface area (Å²) in [5, 5.41) is 2.82. The van der Waals surface area contributed by atoms with Gasteiger partial charge in [-0.3, -0.25) is 4.79 Å². The van der Waals surface area contributed by atoms with Gasteiger partial charge in [-0.2, -0.15) is 0 Å². The van der Waals surface area contributed by atoms with E-state index in [-0.39, 0.29) is 11.7 Å². The molecular formula is C16H17FN2O. The van der Waals surface area contributed by atoms with Crippen molar-refractivity contribution in [2.24, 2.45) is 0 Å². The number of carbonyl (C=O) groups is 1. The molecule has 0 heterocycles. The van der Waals surface area contributed by atoms with Gasteiger partial charge in [0.25, 0.3) is 5.91 Å². The number of hydrogen-bond acceptors (Lipinski definition) is 2. The van der Waals surface area contributed by atoms with Crippen LogP contribution in [0, 0.1) is 26.6 Å². The lowest BCUT2D eigenvalue weighted by molar-refractivity contribution is 0.102. The zero-order valence-electron chi connectivity index (χ0n) is 11.8. The van der Waals surface area contributed by atoms with Crippen molar-refractivity contribution in [2.45, 2.75) is 20.8 Å². The molecule has 1 amide bonds. The summed E-state index contributed by atoms with van der Waals surface area (Å²) in [6.45, 7) is 5.39. The second-order valence-corrected chi connectivity index (χ2v) is 4.94. The van der Waals surface area contributed by atoms with Crippen molar-refractivity contribution in [3.63, 3.8) is 0 Å². The molecule has 0 spiro atoms. The van der Waals surface area contributed by atoms with E-state index in [1.54, 1.807) is 6.92 Å². The van der Waals surface area contributed by atoms with E-state index in [1.807, 2.05) is 26.0 Å². The molecule has 0 bridgehead atoms. The number of anilines is 2. The molecule has 3 nitrogen and oxygen atoms in total. The third-order valence-corrected chi connectivity index (χ3v) is 3.28. The fraction of sp³-hybridized carbons (Fsp3) is 0.188. The number of hydrogen-bond donors (Lipinski definition) is 2. The van der Waals surface area contributed by atoms with E-state index in [2.05, 4.69) is 5.32 Å². The van der Waals surface area contributed by atoms with Crippen molar-refractivity contribution in [3.05, 3.63) is 58.4 Å². The summed E-state index contributed by atoms with van der Waals surface area (Å²) in [6, 6.07) is 7.95. The first-order valence-electron chi connectivity index (χ1n) is 6.32. The Morgan fingerprint density at radius 2 is 1.75 bits per heavy atom. The van der Waals surface area contributed by atoms with Crippen molar-refractivity contribution in [2.75, 3.05) is 11.1 Å². The molecule has 0 aliphatic heterocycles. The number of aryl methyl sites for hydroxylation is 3. The molecule has 0 fully saturated rings. The highest BCUT2D eigenvalue weighted by atomic mass is 19.1. The fourth-order valence-electron chi connectivity index (χ4n) is 1.95. The Hall–Kier alpha value is -2.36. The molecule has 0 aromatic heterocycles. The summed E-state index contributed by atoms with van der Waals surface area (Å²) in [5.74, 6) is -0.582. The van der Waals surface area contributed by atoms with Gasteiger partial charge in [0.1, 0.15) is 5.82 Å². The average molecular weight is 272 g/mol. The summed E-state index contributed by atoms with van der Waals surface area (Å²) in [5.41, 5.74) is 9.89. The molecule has 0 saturated heterocycles. The molecule has 2 aromatic carbocycles. The zero-order valence-corrected chi connectivity index (χ0v) is 11.8. The molecule has 0 saturated carbocycles. The maximum atomic E-state index is 13.2. The number of nitrogens with two attached hydrogens (primary N) is 1.